The Morgan fingerprint density at radius 3 is 1.71 bits per heavy atom. The highest BCUT2D eigenvalue weighted by atomic mass is 14.2. The molecule has 0 saturated heterocycles. The van der Waals surface area contributed by atoms with E-state index in [0.717, 1.165) is 12.8 Å². The van der Waals surface area contributed by atoms with E-state index in [0.29, 0.717) is 11.8 Å². The molecule has 0 bridgehead atoms. The van der Waals surface area contributed by atoms with E-state index in [2.05, 4.69) is 77.1 Å². The van der Waals surface area contributed by atoms with Crippen LogP contribution in [0.4, 0.5) is 0 Å². The summed E-state index contributed by atoms with van der Waals surface area (Å²) >= 11 is 0. The van der Waals surface area contributed by atoms with Gasteiger partial charge in [-0.1, -0.05) is 77.1 Å². The van der Waals surface area contributed by atoms with Gasteiger partial charge in [-0.05, 0) is 52.5 Å². The topological polar surface area (TPSA) is 0 Å². The van der Waals surface area contributed by atoms with Crippen molar-refractivity contribution in [1.82, 2.24) is 0 Å². The first kappa shape index (κ1) is 15.8. The molecule has 0 atom stereocenters. The van der Waals surface area contributed by atoms with Gasteiger partial charge in [0, 0.05) is 0 Å². The maximum Gasteiger partial charge on any atom is -0.00201 e. The van der Waals surface area contributed by atoms with Gasteiger partial charge in [0.25, 0.3) is 0 Å². The molecule has 2 aromatic rings. The molecule has 0 N–H and O–H groups in total. The molecule has 0 unspecified atom stereocenters. The van der Waals surface area contributed by atoms with Gasteiger partial charge in [-0.2, -0.15) is 0 Å². The summed E-state index contributed by atoms with van der Waals surface area (Å²) in [7, 11) is 0. The molecule has 21 heavy (non-hydrogen) atoms. The summed E-state index contributed by atoms with van der Waals surface area (Å²) in [6.07, 6.45) is 2.17. The highest BCUT2D eigenvalue weighted by Crippen LogP contribution is 2.31. The standard InChI is InChI=1S/C21H28/c1-6-18-19(15(2)3)12-13-20(16(4)5)21(18)14-17-10-8-7-9-11-17/h7-13,15-16H,6,14H2,1-5H3. The Bertz CT molecular complexity index is 576. The van der Waals surface area contributed by atoms with Gasteiger partial charge in [-0.3, -0.25) is 0 Å². The molecule has 0 nitrogen and oxygen atoms in total. The third-order valence-corrected chi connectivity index (χ3v) is 4.32. The molecular formula is C21H28. The number of rotatable bonds is 5. The van der Waals surface area contributed by atoms with Crippen LogP contribution in [-0.4, -0.2) is 0 Å². The molecule has 112 valence electrons. The van der Waals surface area contributed by atoms with Crippen molar-refractivity contribution in [2.75, 3.05) is 0 Å². The smallest absolute Gasteiger partial charge is 0.00201 e. The summed E-state index contributed by atoms with van der Waals surface area (Å²) in [5, 5.41) is 0. The third kappa shape index (κ3) is 3.56. The molecule has 0 saturated carbocycles. The first-order valence-electron chi connectivity index (χ1n) is 8.23. The zero-order valence-corrected chi connectivity index (χ0v) is 14.1. The fourth-order valence-corrected chi connectivity index (χ4v) is 3.24. The van der Waals surface area contributed by atoms with Gasteiger partial charge < -0.3 is 0 Å². The van der Waals surface area contributed by atoms with Gasteiger partial charge in [0.15, 0.2) is 0 Å². The predicted molar refractivity (Wildman–Crippen MR) is 93.2 cm³/mol. The molecule has 0 aromatic heterocycles. The van der Waals surface area contributed by atoms with Crippen LogP contribution < -0.4 is 0 Å². The van der Waals surface area contributed by atoms with Crippen LogP contribution in [0.2, 0.25) is 0 Å². The van der Waals surface area contributed by atoms with Crippen LogP contribution in [0.1, 0.15) is 74.3 Å². The Balaban J connectivity index is 2.56. The SMILES string of the molecule is CCc1c(C(C)C)ccc(C(C)C)c1Cc1ccccc1. The lowest BCUT2D eigenvalue weighted by atomic mass is 9.83. The summed E-state index contributed by atoms with van der Waals surface area (Å²) in [4.78, 5) is 0. The predicted octanol–water partition coefficient (Wildman–Crippen LogP) is 6.09. The first-order valence-corrected chi connectivity index (χ1v) is 8.23. The maximum absolute atomic E-state index is 2.36. The van der Waals surface area contributed by atoms with Crippen molar-refractivity contribution in [3.05, 3.63) is 70.3 Å². The second kappa shape index (κ2) is 6.93. The van der Waals surface area contributed by atoms with Gasteiger partial charge in [-0.15, -0.1) is 0 Å². The minimum absolute atomic E-state index is 0.579. The quantitative estimate of drug-likeness (QED) is 0.622. The lowest BCUT2D eigenvalue weighted by molar-refractivity contribution is 0.805. The summed E-state index contributed by atoms with van der Waals surface area (Å²) in [6.45, 7) is 11.5. The molecule has 0 heteroatoms. The van der Waals surface area contributed by atoms with E-state index in [1.807, 2.05) is 0 Å². The van der Waals surface area contributed by atoms with E-state index < -0.39 is 0 Å². The van der Waals surface area contributed by atoms with E-state index in [4.69, 9.17) is 0 Å². The van der Waals surface area contributed by atoms with Crippen LogP contribution in [0.5, 0.6) is 0 Å². The maximum atomic E-state index is 2.36. The zero-order valence-electron chi connectivity index (χ0n) is 14.1. The van der Waals surface area contributed by atoms with E-state index in [9.17, 15) is 0 Å². The summed E-state index contributed by atoms with van der Waals surface area (Å²) in [5.41, 5.74) is 7.58. The first-order chi connectivity index (χ1) is 10.0. The Morgan fingerprint density at radius 2 is 1.24 bits per heavy atom. The molecule has 0 heterocycles. The Kier molecular flexibility index (Phi) is 5.22. The second-order valence-corrected chi connectivity index (χ2v) is 6.53. The van der Waals surface area contributed by atoms with Gasteiger partial charge >= 0.3 is 0 Å². The Morgan fingerprint density at radius 1 is 0.714 bits per heavy atom. The average Bonchev–Trinajstić information content (AvgIpc) is 2.47. The number of benzene rings is 2. The van der Waals surface area contributed by atoms with Crippen LogP contribution in [0.25, 0.3) is 0 Å². The fraction of sp³-hybridized carbons (Fsp3) is 0.429. The van der Waals surface area contributed by atoms with Gasteiger partial charge in [0.05, 0.1) is 0 Å². The molecule has 0 aliphatic carbocycles. The highest BCUT2D eigenvalue weighted by molar-refractivity contribution is 5.46. The van der Waals surface area contributed by atoms with Crippen LogP contribution >= 0.6 is 0 Å². The second-order valence-electron chi connectivity index (χ2n) is 6.53. The van der Waals surface area contributed by atoms with Crippen LogP contribution in [0, 0.1) is 0 Å². The van der Waals surface area contributed by atoms with E-state index in [1.165, 1.54) is 16.7 Å². The lowest BCUT2D eigenvalue weighted by Crippen LogP contribution is -2.07. The summed E-state index contributed by atoms with van der Waals surface area (Å²) in [6, 6.07) is 15.6. The summed E-state index contributed by atoms with van der Waals surface area (Å²) in [5.74, 6) is 1.17. The third-order valence-electron chi connectivity index (χ3n) is 4.32. The van der Waals surface area contributed by atoms with Gasteiger partial charge in [0.2, 0.25) is 0 Å². The van der Waals surface area contributed by atoms with Crippen molar-refractivity contribution < 1.29 is 0 Å². The van der Waals surface area contributed by atoms with Crippen molar-refractivity contribution in [2.24, 2.45) is 0 Å². The van der Waals surface area contributed by atoms with Crippen LogP contribution in [-0.2, 0) is 12.8 Å². The minimum atomic E-state index is 0.579. The molecule has 0 radical (unpaired) electrons. The number of hydrogen-bond acceptors (Lipinski definition) is 0. The molecule has 2 rings (SSSR count). The van der Waals surface area contributed by atoms with Crippen LogP contribution in [0.3, 0.4) is 0 Å². The molecule has 2 aromatic carbocycles. The van der Waals surface area contributed by atoms with E-state index >= 15 is 0 Å². The molecular weight excluding hydrogens is 252 g/mol. The Hall–Kier alpha value is -1.56. The summed E-state index contributed by atoms with van der Waals surface area (Å²) < 4.78 is 0. The highest BCUT2D eigenvalue weighted by Gasteiger charge is 2.16. The van der Waals surface area contributed by atoms with Gasteiger partial charge in [-0.25, -0.2) is 0 Å². The van der Waals surface area contributed by atoms with Gasteiger partial charge in [0.1, 0.15) is 0 Å². The largest absolute Gasteiger partial charge is 0.0622 e. The van der Waals surface area contributed by atoms with Crippen molar-refractivity contribution >= 4 is 0 Å². The number of hydrogen-bond donors (Lipinski definition) is 0. The minimum Gasteiger partial charge on any atom is -0.0622 e. The zero-order chi connectivity index (χ0) is 15.4. The lowest BCUT2D eigenvalue weighted by Gasteiger charge is -2.22. The molecule has 0 aliphatic rings. The molecule has 0 fully saturated rings. The molecule has 0 amide bonds. The normalized spacial score (nSPS) is 11.4. The van der Waals surface area contributed by atoms with Crippen molar-refractivity contribution in [3.63, 3.8) is 0 Å². The van der Waals surface area contributed by atoms with Crippen LogP contribution in [0.15, 0.2) is 42.5 Å². The van der Waals surface area contributed by atoms with Crippen molar-refractivity contribution in [1.29, 1.82) is 0 Å². The average molecular weight is 280 g/mol. The molecule has 0 spiro atoms. The van der Waals surface area contributed by atoms with Crippen molar-refractivity contribution in [2.45, 2.75) is 59.3 Å². The van der Waals surface area contributed by atoms with Crippen molar-refractivity contribution in [3.8, 4) is 0 Å². The Labute approximate surface area is 130 Å². The van der Waals surface area contributed by atoms with E-state index in [1.54, 1.807) is 11.1 Å². The van der Waals surface area contributed by atoms with E-state index in [-0.39, 0.29) is 0 Å². The molecule has 0 aliphatic heterocycles. The monoisotopic (exact) mass is 280 g/mol. The fourth-order valence-electron chi connectivity index (χ4n) is 3.24.